The van der Waals surface area contributed by atoms with E-state index < -0.39 is 18.0 Å². The Balaban J connectivity index is 2.70. The largest absolute Gasteiger partial charge is 0.465 e. The van der Waals surface area contributed by atoms with Crippen molar-refractivity contribution in [3.63, 3.8) is 0 Å². The molecule has 0 radical (unpaired) electrons. The van der Waals surface area contributed by atoms with Crippen LogP contribution in [0.1, 0.15) is 25.8 Å². The SMILES string of the molecule is CC(C)C[C@H](NC(=O)O)C(=O)Nc1ccc(CO)cc1. The highest BCUT2D eigenvalue weighted by molar-refractivity contribution is 5.96. The maximum Gasteiger partial charge on any atom is 0.405 e. The van der Waals surface area contributed by atoms with Gasteiger partial charge in [0.25, 0.3) is 0 Å². The number of amides is 2. The zero-order valence-electron chi connectivity index (χ0n) is 11.6. The van der Waals surface area contributed by atoms with Crippen LogP contribution < -0.4 is 10.6 Å². The van der Waals surface area contributed by atoms with Gasteiger partial charge in [-0.3, -0.25) is 4.79 Å². The lowest BCUT2D eigenvalue weighted by atomic mass is 10.0. The molecule has 0 aliphatic carbocycles. The fourth-order valence-electron chi connectivity index (χ4n) is 1.77. The molecular weight excluding hydrogens is 260 g/mol. The standard InChI is InChI=1S/C14H20N2O4/c1-9(2)7-12(16-14(19)20)13(18)15-11-5-3-10(8-17)4-6-11/h3-6,9,12,16-17H,7-8H2,1-2H3,(H,15,18)(H,19,20)/t12-/m0/s1. The summed E-state index contributed by atoms with van der Waals surface area (Å²) >= 11 is 0. The van der Waals surface area contributed by atoms with Gasteiger partial charge in [0, 0.05) is 5.69 Å². The summed E-state index contributed by atoms with van der Waals surface area (Å²) in [6, 6.07) is 5.92. The molecule has 0 aliphatic heterocycles. The third-order valence-corrected chi connectivity index (χ3v) is 2.73. The molecule has 1 aromatic carbocycles. The first-order chi connectivity index (χ1) is 9.42. The van der Waals surface area contributed by atoms with Crippen LogP contribution in [-0.4, -0.2) is 28.3 Å². The minimum absolute atomic E-state index is 0.0647. The maximum atomic E-state index is 12.1. The molecule has 0 bridgehead atoms. The lowest BCUT2D eigenvalue weighted by Crippen LogP contribution is -2.44. The third-order valence-electron chi connectivity index (χ3n) is 2.73. The quantitative estimate of drug-likeness (QED) is 0.638. The van der Waals surface area contributed by atoms with Crippen molar-refractivity contribution in [1.29, 1.82) is 0 Å². The molecule has 0 spiro atoms. The minimum Gasteiger partial charge on any atom is -0.465 e. The monoisotopic (exact) mass is 280 g/mol. The zero-order chi connectivity index (χ0) is 15.1. The van der Waals surface area contributed by atoms with Crippen LogP contribution in [0.2, 0.25) is 0 Å². The van der Waals surface area contributed by atoms with Gasteiger partial charge in [-0.1, -0.05) is 26.0 Å². The number of hydrogen-bond acceptors (Lipinski definition) is 3. The van der Waals surface area contributed by atoms with Crippen molar-refractivity contribution < 1.29 is 19.8 Å². The second-order valence-electron chi connectivity index (χ2n) is 4.98. The van der Waals surface area contributed by atoms with Crippen molar-refractivity contribution in [3.8, 4) is 0 Å². The van der Waals surface area contributed by atoms with Crippen LogP contribution in [0.25, 0.3) is 0 Å². The van der Waals surface area contributed by atoms with Crippen molar-refractivity contribution in [3.05, 3.63) is 29.8 Å². The first kappa shape index (κ1) is 16.0. The summed E-state index contributed by atoms with van der Waals surface area (Å²) in [7, 11) is 0. The van der Waals surface area contributed by atoms with E-state index in [0.717, 1.165) is 5.56 Å². The molecule has 0 unspecified atom stereocenters. The number of carboxylic acid groups (broad SMARTS) is 1. The predicted octanol–water partition coefficient (Wildman–Crippen LogP) is 1.80. The molecule has 4 N–H and O–H groups in total. The number of carbonyl (C=O) groups is 2. The highest BCUT2D eigenvalue weighted by Gasteiger charge is 2.21. The van der Waals surface area contributed by atoms with Gasteiger partial charge in [0.15, 0.2) is 0 Å². The van der Waals surface area contributed by atoms with Gasteiger partial charge in [0.1, 0.15) is 6.04 Å². The van der Waals surface area contributed by atoms with Crippen LogP contribution >= 0.6 is 0 Å². The Labute approximate surface area is 117 Å². The van der Waals surface area contributed by atoms with E-state index in [2.05, 4.69) is 10.6 Å². The summed E-state index contributed by atoms with van der Waals surface area (Å²) in [5.74, 6) is -0.202. The molecule has 0 heterocycles. The Morgan fingerprint density at radius 1 is 1.20 bits per heavy atom. The van der Waals surface area contributed by atoms with E-state index in [0.29, 0.717) is 12.1 Å². The molecule has 6 heteroatoms. The van der Waals surface area contributed by atoms with Crippen LogP contribution in [0.5, 0.6) is 0 Å². The molecule has 110 valence electrons. The van der Waals surface area contributed by atoms with E-state index in [1.807, 2.05) is 13.8 Å². The lowest BCUT2D eigenvalue weighted by molar-refractivity contribution is -0.118. The molecule has 1 aromatic rings. The van der Waals surface area contributed by atoms with Crippen LogP contribution in [-0.2, 0) is 11.4 Å². The summed E-state index contributed by atoms with van der Waals surface area (Å²) in [4.78, 5) is 22.8. The Bertz CT molecular complexity index is 457. The first-order valence-corrected chi connectivity index (χ1v) is 6.42. The molecule has 1 atom stereocenters. The Kier molecular flexibility index (Phi) is 5.99. The second-order valence-corrected chi connectivity index (χ2v) is 4.98. The first-order valence-electron chi connectivity index (χ1n) is 6.42. The average Bonchev–Trinajstić information content (AvgIpc) is 2.37. The van der Waals surface area contributed by atoms with E-state index in [-0.39, 0.29) is 12.5 Å². The van der Waals surface area contributed by atoms with Gasteiger partial charge in [-0.25, -0.2) is 4.79 Å². The molecule has 1 rings (SSSR count). The number of nitrogens with one attached hydrogen (secondary N) is 2. The predicted molar refractivity (Wildman–Crippen MR) is 75.4 cm³/mol. The molecule has 0 aliphatic rings. The molecule has 0 aromatic heterocycles. The van der Waals surface area contributed by atoms with Crippen molar-refractivity contribution in [2.75, 3.05) is 5.32 Å². The fraction of sp³-hybridized carbons (Fsp3) is 0.429. The van der Waals surface area contributed by atoms with Crippen molar-refractivity contribution >= 4 is 17.7 Å². The Morgan fingerprint density at radius 3 is 2.25 bits per heavy atom. The zero-order valence-corrected chi connectivity index (χ0v) is 11.6. The molecule has 20 heavy (non-hydrogen) atoms. The maximum absolute atomic E-state index is 12.1. The Morgan fingerprint density at radius 2 is 1.80 bits per heavy atom. The van der Waals surface area contributed by atoms with Crippen LogP contribution in [0.3, 0.4) is 0 Å². The van der Waals surface area contributed by atoms with Gasteiger partial charge in [-0.2, -0.15) is 0 Å². The van der Waals surface area contributed by atoms with Crippen LogP contribution in [0, 0.1) is 5.92 Å². The molecule has 0 fully saturated rings. The summed E-state index contributed by atoms with van der Waals surface area (Å²) in [6.07, 6.45) is -0.797. The highest BCUT2D eigenvalue weighted by atomic mass is 16.4. The van der Waals surface area contributed by atoms with Gasteiger partial charge in [-0.05, 0) is 30.0 Å². The van der Waals surface area contributed by atoms with E-state index >= 15 is 0 Å². The van der Waals surface area contributed by atoms with Crippen LogP contribution in [0.15, 0.2) is 24.3 Å². The summed E-state index contributed by atoms with van der Waals surface area (Å²) in [5, 5.41) is 22.6. The molecule has 0 saturated heterocycles. The molecule has 2 amide bonds. The van der Waals surface area contributed by atoms with Gasteiger partial charge in [0.05, 0.1) is 6.61 Å². The smallest absolute Gasteiger partial charge is 0.405 e. The number of hydrogen-bond donors (Lipinski definition) is 4. The van der Waals surface area contributed by atoms with Gasteiger partial charge >= 0.3 is 6.09 Å². The van der Waals surface area contributed by atoms with Crippen molar-refractivity contribution in [2.24, 2.45) is 5.92 Å². The molecular formula is C14H20N2O4. The van der Waals surface area contributed by atoms with Crippen molar-refractivity contribution in [1.82, 2.24) is 5.32 Å². The highest BCUT2D eigenvalue weighted by Crippen LogP contribution is 2.12. The molecule has 0 saturated carbocycles. The minimum atomic E-state index is -1.22. The van der Waals surface area contributed by atoms with Gasteiger partial charge in [0.2, 0.25) is 5.91 Å². The molecule has 6 nitrogen and oxygen atoms in total. The number of aliphatic hydroxyl groups is 1. The fourth-order valence-corrected chi connectivity index (χ4v) is 1.77. The van der Waals surface area contributed by atoms with Crippen molar-refractivity contribution in [2.45, 2.75) is 32.9 Å². The summed E-state index contributed by atoms with van der Waals surface area (Å²) in [6.45, 7) is 3.77. The lowest BCUT2D eigenvalue weighted by Gasteiger charge is -2.18. The second kappa shape index (κ2) is 7.49. The topological polar surface area (TPSA) is 98.7 Å². The van der Waals surface area contributed by atoms with Gasteiger partial charge in [-0.15, -0.1) is 0 Å². The van der Waals surface area contributed by atoms with Gasteiger partial charge < -0.3 is 20.8 Å². The third kappa shape index (κ3) is 5.27. The summed E-state index contributed by atoms with van der Waals surface area (Å²) < 4.78 is 0. The average molecular weight is 280 g/mol. The Hall–Kier alpha value is -2.08. The van der Waals surface area contributed by atoms with E-state index in [1.165, 1.54) is 0 Å². The van der Waals surface area contributed by atoms with E-state index in [9.17, 15) is 9.59 Å². The summed E-state index contributed by atoms with van der Waals surface area (Å²) in [5.41, 5.74) is 1.30. The van der Waals surface area contributed by atoms with E-state index in [4.69, 9.17) is 10.2 Å². The van der Waals surface area contributed by atoms with Crippen LogP contribution in [0.4, 0.5) is 10.5 Å². The number of rotatable bonds is 6. The number of aliphatic hydroxyl groups excluding tert-OH is 1. The normalized spacial score (nSPS) is 12.0. The number of benzene rings is 1. The number of anilines is 1. The van der Waals surface area contributed by atoms with E-state index in [1.54, 1.807) is 24.3 Å². The number of carbonyl (C=O) groups excluding carboxylic acids is 1.